The van der Waals surface area contributed by atoms with Gasteiger partial charge in [0.15, 0.2) is 0 Å². The maximum Gasteiger partial charge on any atom is 0.327 e. The molecule has 0 aliphatic carbocycles. The largest absolute Gasteiger partial charge is 0.480 e. The van der Waals surface area contributed by atoms with Crippen LogP contribution in [-0.2, 0) is 9.59 Å². The Morgan fingerprint density at radius 2 is 2.11 bits per heavy atom. The molecule has 0 aliphatic rings. The summed E-state index contributed by atoms with van der Waals surface area (Å²) in [4.78, 5) is 24.2. The second kappa shape index (κ2) is 6.51. The van der Waals surface area contributed by atoms with Gasteiger partial charge in [0, 0.05) is 29.3 Å². The molecule has 1 heterocycles. The van der Waals surface area contributed by atoms with Crippen LogP contribution in [0.3, 0.4) is 0 Å². The molecule has 0 saturated carbocycles. The van der Waals surface area contributed by atoms with E-state index >= 15 is 0 Å². The molecular weight excluding hydrogens is 252 g/mol. The van der Waals surface area contributed by atoms with Crippen LogP contribution >= 0.6 is 11.3 Å². The number of aliphatic carboxylic acids is 1. The number of hydrogen-bond acceptors (Lipinski definition) is 4. The second-order valence-corrected chi connectivity index (χ2v) is 5.49. The van der Waals surface area contributed by atoms with Crippen LogP contribution in [0.5, 0.6) is 0 Å². The number of amides is 1. The average molecular weight is 270 g/mol. The third kappa shape index (κ3) is 4.46. The number of hydrogen-bond donors (Lipinski definition) is 3. The Bertz CT molecular complexity index is 431. The molecule has 6 heteroatoms. The molecule has 2 atom stereocenters. The Balaban J connectivity index is 2.51. The van der Waals surface area contributed by atoms with Crippen molar-refractivity contribution >= 4 is 23.2 Å². The summed E-state index contributed by atoms with van der Waals surface area (Å²) in [5.74, 6) is -1.38. The highest BCUT2D eigenvalue weighted by atomic mass is 32.1. The number of nitrogens with one attached hydrogen (secondary N) is 2. The van der Waals surface area contributed by atoms with Crippen LogP contribution in [-0.4, -0.2) is 29.6 Å². The van der Waals surface area contributed by atoms with Gasteiger partial charge in [-0.25, -0.2) is 4.79 Å². The predicted molar refractivity (Wildman–Crippen MR) is 70.7 cm³/mol. The summed E-state index contributed by atoms with van der Waals surface area (Å²) < 4.78 is 0. The van der Waals surface area contributed by atoms with Crippen molar-refractivity contribution in [2.24, 2.45) is 0 Å². The van der Waals surface area contributed by atoms with E-state index < -0.39 is 12.0 Å². The molecule has 3 N–H and O–H groups in total. The van der Waals surface area contributed by atoms with E-state index in [1.807, 2.05) is 26.0 Å². The van der Waals surface area contributed by atoms with Crippen LogP contribution in [0.2, 0.25) is 0 Å². The highest BCUT2D eigenvalue weighted by Gasteiger charge is 2.19. The lowest BCUT2D eigenvalue weighted by Gasteiger charge is -2.17. The number of carboxylic acids is 1. The van der Waals surface area contributed by atoms with Crippen LogP contribution < -0.4 is 10.6 Å². The van der Waals surface area contributed by atoms with Crippen molar-refractivity contribution in [1.82, 2.24) is 10.6 Å². The molecule has 0 aliphatic heterocycles. The van der Waals surface area contributed by atoms with Gasteiger partial charge in [0.25, 0.3) is 0 Å². The number of carbonyl (C=O) groups is 2. The van der Waals surface area contributed by atoms with Crippen molar-refractivity contribution in [1.29, 1.82) is 0 Å². The first kappa shape index (κ1) is 14.7. The normalized spacial score (nSPS) is 13.9. The van der Waals surface area contributed by atoms with Gasteiger partial charge in [-0.2, -0.15) is 0 Å². The Kier molecular flexibility index (Phi) is 5.30. The van der Waals surface area contributed by atoms with Crippen molar-refractivity contribution in [2.75, 3.05) is 6.54 Å². The lowest BCUT2D eigenvalue weighted by Crippen LogP contribution is -2.46. The van der Waals surface area contributed by atoms with Crippen molar-refractivity contribution in [3.8, 4) is 0 Å². The summed E-state index contributed by atoms with van der Waals surface area (Å²) in [6.07, 6.45) is 0. The van der Waals surface area contributed by atoms with Gasteiger partial charge < -0.3 is 15.7 Å². The first-order chi connectivity index (χ1) is 8.40. The molecule has 0 aromatic carbocycles. The van der Waals surface area contributed by atoms with Gasteiger partial charge in [-0.3, -0.25) is 4.79 Å². The lowest BCUT2D eigenvalue weighted by atomic mass is 10.2. The van der Waals surface area contributed by atoms with E-state index in [0.29, 0.717) is 0 Å². The summed E-state index contributed by atoms with van der Waals surface area (Å²) in [5, 5.41) is 14.5. The minimum atomic E-state index is -1.03. The van der Waals surface area contributed by atoms with Gasteiger partial charge in [0.2, 0.25) is 5.91 Å². The third-order valence-electron chi connectivity index (χ3n) is 2.49. The molecule has 1 aromatic rings. The maximum absolute atomic E-state index is 10.9. The standard InChI is InChI=1S/C12H18N2O3S/c1-7-4-5-11(18-7)8(2)13-6-10(12(16)17)14-9(3)15/h4-5,8,10,13H,6H2,1-3H3,(H,14,15)(H,16,17). The predicted octanol–water partition coefficient (Wildman–Crippen LogP) is 1.30. The van der Waals surface area contributed by atoms with Gasteiger partial charge in [0.05, 0.1) is 0 Å². The Morgan fingerprint density at radius 1 is 1.44 bits per heavy atom. The van der Waals surface area contributed by atoms with E-state index in [4.69, 9.17) is 5.11 Å². The molecule has 0 radical (unpaired) electrons. The van der Waals surface area contributed by atoms with Crippen LogP contribution in [0, 0.1) is 6.92 Å². The van der Waals surface area contributed by atoms with Crippen molar-refractivity contribution < 1.29 is 14.7 Å². The summed E-state index contributed by atoms with van der Waals surface area (Å²) in [6, 6.07) is 3.22. The zero-order valence-corrected chi connectivity index (χ0v) is 11.5. The van der Waals surface area contributed by atoms with Gasteiger partial charge >= 0.3 is 5.97 Å². The summed E-state index contributed by atoms with van der Waals surface area (Å²) in [7, 11) is 0. The Labute approximate surface area is 110 Å². The maximum atomic E-state index is 10.9. The monoisotopic (exact) mass is 270 g/mol. The molecule has 2 unspecified atom stereocenters. The van der Waals surface area contributed by atoms with Crippen molar-refractivity contribution in [3.63, 3.8) is 0 Å². The van der Waals surface area contributed by atoms with Crippen molar-refractivity contribution in [2.45, 2.75) is 32.9 Å². The van der Waals surface area contributed by atoms with Crippen LogP contribution in [0.1, 0.15) is 29.6 Å². The van der Waals surface area contributed by atoms with Gasteiger partial charge in [-0.05, 0) is 26.0 Å². The molecule has 0 bridgehead atoms. The van der Waals surface area contributed by atoms with E-state index in [9.17, 15) is 9.59 Å². The van der Waals surface area contributed by atoms with Crippen LogP contribution in [0.15, 0.2) is 12.1 Å². The summed E-state index contributed by atoms with van der Waals surface area (Å²) in [5.41, 5.74) is 0. The number of carbonyl (C=O) groups excluding carboxylic acids is 1. The second-order valence-electron chi connectivity index (χ2n) is 4.17. The first-order valence-corrected chi connectivity index (χ1v) is 6.51. The zero-order chi connectivity index (χ0) is 13.7. The molecule has 100 valence electrons. The average Bonchev–Trinajstić information content (AvgIpc) is 2.69. The molecule has 5 nitrogen and oxygen atoms in total. The molecule has 0 spiro atoms. The van der Waals surface area contributed by atoms with E-state index in [-0.39, 0.29) is 18.5 Å². The molecule has 1 amide bonds. The molecule has 1 rings (SSSR count). The van der Waals surface area contributed by atoms with Crippen molar-refractivity contribution in [3.05, 3.63) is 21.9 Å². The SMILES string of the molecule is CC(=O)NC(CNC(C)c1ccc(C)s1)C(=O)O. The van der Waals surface area contributed by atoms with E-state index in [1.54, 1.807) is 11.3 Å². The zero-order valence-electron chi connectivity index (χ0n) is 10.7. The lowest BCUT2D eigenvalue weighted by molar-refractivity contribution is -0.141. The summed E-state index contributed by atoms with van der Waals surface area (Å²) in [6.45, 7) is 5.51. The number of thiophene rings is 1. The molecule has 1 aromatic heterocycles. The first-order valence-electron chi connectivity index (χ1n) is 5.69. The highest BCUT2D eigenvalue weighted by Crippen LogP contribution is 2.21. The Hall–Kier alpha value is -1.40. The number of aryl methyl sites for hydroxylation is 1. The molecule has 18 heavy (non-hydrogen) atoms. The fraction of sp³-hybridized carbons (Fsp3) is 0.500. The number of carboxylic acid groups (broad SMARTS) is 1. The van der Waals surface area contributed by atoms with E-state index in [1.165, 1.54) is 11.8 Å². The van der Waals surface area contributed by atoms with E-state index in [2.05, 4.69) is 10.6 Å². The quantitative estimate of drug-likeness (QED) is 0.728. The number of rotatable bonds is 6. The fourth-order valence-corrected chi connectivity index (χ4v) is 2.43. The molecule has 0 saturated heterocycles. The fourth-order valence-electron chi connectivity index (χ4n) is 1.53. The minimum absolute atomic E-state index is 0.0688. The van der Waals surface area contributed by atoms with Gasteiger partial charge in [-0.1, -0.05) is 0 Å². The van der Waals surface area contributed by atoms with E-state index in [0.717, 1.165) is 4.88 Å². The van der Waals surface area contributed by atoms with Crippen LogP contribution in [0.4, 0.5) is 0 Å². The van der Waals surface area contributed by atoms with Crippen LogP contribution in [0.25, 0.3) is 0 Å². The summed E-state index contributed by atoms with van der Waals surface area (Å²) >= 11 is 1.67. The Morgan fingerprint density at radius 3 is 2.56 bits per heavy atom. The van der Waals surface area contributed by atoms with Gasteiger partial charge in [0.1, 0.15) is 6.04 Å². The highest BCUT2D eigenvalue weighted by molar-refractivity contribution is 7.12. The minimum Gasteiger partial charge on any atom is -0.480 e. The van der Waals surface area contributed by atoms with Gasteiger partial charge in [-0.15, -0.1) is 11.3 Å². The molecular formula is C12H18N2O3S. The smallest absolute Gasteiger partial charge is 0.327 e. The third-order valence-corrected chi connectivity index (χ3v) is 3.68. The molecule has 0 fully saturated rings. The topological polar surface area (TPSA) is 78.4 Å².